The summed E-state index contributed by atoms with van der Waals surface area (Å²) in [6, 6.07) is 10.4. The molecule has 0 aliphatic heterocycles. The lowest BCUT2D eigenvalue weighted by Gasteiger charge is -2.05. The third kappa shape index (κ3) is 2.80. The van der Waals surface area contributed by atoms with Crippen molar-refractivity contribution in [2.75, 3.05) is 0 Å². The van der Waals surface area contributed by atoms with Crippen molar-refractivity contribution < 1.29 is 13.3 Å². The molecule has 25 heavy (non-hydrogen) atoms. The minimum absolute atomic E-state index is 0.0931. The van der Waals surface area contributed by atoms with E-state index in [4.69, 9.17) is 13.3 Å². The van der Waals surface area contributed by atoms with E-state index in [9.17, 15) is 9.59 Å². The molecule has 0 spiro atoms. The normalized spacial score (nSPS) is 11.2. The van der Waals surface area contributed by atoms with E-state index in [1.54, 1.807) is 12.1 Å². The van der Waals surface area contributed by atoms with Gasteiger partial charge in [-0.05, 0) is 35.7 Å². The highest BCUT2D eigenvalue weighted by Gasteiger charge is 2.15. The molecule has 4 aromatic rings. The molecule has 0 aliphatic carbocycles. The molecule has 0 bridgehead atoms. The molecular weight excluding hydrogens is 324 g/mol. The molecule has 0 fully saturated rings. The largest absolute Gasteiger partial charge is 0.459 e. The number of rotatable bonds is 4. The van der Waals surface area contributed by atoms with Crippen LogP contribution < -0.4 is 11.4 Å². The third-order valence-corrected chi connectivity index (χ3v) is 3.96. The van der Waals surface area contributed by atoms with E-state index in [0.29, 0.717) is 16.9 Å². The van der Waals surface area contributed by atoms with Crippen molar-refractivity contribution in [3.8, 4) is 11.7 Å². The average molecular weight is 338 g/mol. The summed E-state index contributed by atoms with van der Waals surface area (Å²) >= 11 is 0. The number of fused-ring (bicyclic) bond motifs is 1. The van der Waals surface area contributed by atoms with Crippen LogP contribution in [-0.4, -0.2) is 9.78 Å². The van der Waals surface area contributed by atoms with Gasteiger partial charge in [0.25, 0.3) is 5.89 Å². The number of hydrogen-bond acceptors (Lipinski definition) is 6. The molecule has 0 atom stereocenters. The van der Waals surface area contributed by atoms with E-state index in [1.807, 2.05) is 25.1 Å². The fourth-order valence-electron chi connectivity index (χ4n) is 2.69. The van der Waals surface area contributed by atoms with Gasteiger partial charge in [0.1, 0.15) is 5.58 Å². The van der Waals surface area contributed by atoms with Gasteiger partial charge in [-0.2, -0.15) is 4.68 Å². The summed E-state index contributed by atoms with van der Waals surface area (Å²) in [5.74, 6) is -0.172. The van der Waals surface area contributed by atoms with Gasteiger partial charge in [0, 0.05) is 11.5 Å². The Morgan fingerprint density at radius 1 is 1.12 bits per heavy atom. The summed E-state index contributed by atoms with van der Waals surface area (Å²) in [6.07, 6.45) is 2.30. The van der Waals surface area contributed by atoms with Gasteiger partial charge in [-0.1, -0.05) is 19.1 Å². The molecule has 0 aliphatic rings. The Kier molecular flexibility index (Phi) is 3.61. The van der Waals surface area contributed by atoms with Crippen LogP contribution in [0.2, 0.25) is 0 Å². The topological polar surface area (TPSA) is 91.4 Å². The van der Waals surface area contributed by atoms with Crippen LogP contribution in [0.5, 0.6) is 0 Å². The zero-order chi connectivity index (χ0) is 17.4. The Labute approximate surface area is 141 Å². The molecule has 0 saturated heterocycles. The number of aryl methyl sites for hydroxylation is 1. The lowest BCUT2D eigenvalue weighted by atomic mass is 10.1. The highest BCUT2D eigenvalue weighted by Crippen LogP contribution is 2.20. The van der Waals surface area contributed by atoms with Crippen molar-refractivity contribution in [2.45, 2.75) is 19.9 Å². The van der Waals surface area contributed by atoms with Crippen LogP contribution in [0.4, 0.5) is 0 Å². The van der Waals surface area contributed by atoms with E-state index in [0.717, 1.165) is 22.1 Å². The first-order valence-electron chi connectivity index (χ1n) is 7.81. The van der Waals surface area contributed by atoms with E-state index < -0.39 is 11.4 Å². The van der Waals surface area contributed by atoms with Crippen molar-refractivity contribution in [3.05, 3.63) is 74.8 Å². The van der Waals surface area contributed by atoms with Gasteiger partial charge < -0.3 is 13.3 Å². The van der Waals surface area contributed by atoms with Crippen molar-refractivity contribution in [3.63, 3.8) is 0 Å². The van der Waals surface area contributed by atoms with Gasteiger partial charge in [-0.25, -0.2) is 9.59 Å². The maximum Gasteiger partial charge on any atom is 0.437 e. The predicted octanol–water partition coefficient (Wildman–Crippen LogP) is 2.81. The van der Waals surface area contributed by atoms with Crippen LogP contribution in [0, 0.1) is 0 Å². The first-order chi connectivity index (χ1) is 12.1. The van der Waals surface area contributed by atoms with Gasteiger partial charge in [-0.3, -0.25) is 0 Å². The molecule has 4 rings (SSSR count). The summed E-state index contributed by atoms with van der Waals surface area (Å²) in [6.45, 7) is 2.12. The predicted molar refractivity (Wildman–Crippen MR) is 89.4 cm³/mol. The molecule has 0 amide bonds. The average Bonchev–Trinajstić information content (AvgIpc) is 3.24. The molecule has 1 aromatic carbocycles. The number of hydrogen-bond donors (Lipinski definition) is 0. The summed E-state index contributed by atoms with van der Waals surface area (Å²) in [7, 11) is 0. The monoisotopic (exact) mass is 338 g/mol. The minimum Gasteiger partial charge on any atom is -0.459 e. The van der Waals surface area contributed by atoms with E-state index in [2.05, 4.69) is 5.10 Å². The molecular formula is C18H14N2O5. The summed E-state index contributed by atoms with van der Waals surface area (Å²) in [4.78, 5) is 23.9. The Balaban J connectivity index is 1.79. The summed E-state index contributed by atoms with van der Waals surface area (Å²) in [5, 5.41) is 4.88. The van der Waals surface area contributed by atoms with Crippen LogP contribution in [0.25, 0.3) is 22.6 Å². The number of aromatic nitrogens is 2. The quantitative estimate of drug-likeness (QED) is 0.531. The second kappa shape index (κ2) is 5.94. The standard InChI is InChI=1S/C18H14N2O5/c1-2-11-5-6-13-12(9-16(21)24-15(13)8-11)10-20-18(22)25-17(19-20)14-4-3-7-23-14/h3-9H,2,10H2,1H3. The van der Waals surface area contributed by atoms with Crippen molar-refractivity contribution in [1.82, 2.24) is 9.78 Å². The third-order valence-electron chi connectivity index (χ3n) is 3.96. The second-order valence-corrected chi connectivity index (χ2v) is 5.58. The first kappa shape index (κ1) is 15.2. The van der Waals surface area contributed by atoms with Crippen LogP contribution >= 0.6 is 0 Å². The van der Waals surface area contributed by atoms with Crippen LogP contribution in [-0.2, 0) is 13.0 Å². The number of nitrogens with zero attached hydrogens (tertiary/aromatic N) is 2. The first-order valence-corrected chi connectivity index (χ1v) is 7.81. The number of benzene rings is 1. The molecule has 0 N–H and O–H groups in total. The maximum atomic E-state index is 12.1. The zero-order valence-electron chi connectivity index (χ0n) is 13.4. The number of furan rings is 1. The molecule has 7 nitrogen and oxygen atoms in total. The highest BCUT2D eigenvalue weighted by atomic mass is 16.4. The molecule has 126 valence electrons. The summed E-state index contributed by atoms with van der Waals surface area (Å²) < 4.78 is 16.7. The van der Waals surface area contributed by atoms with E-state index in [-0.39, 0.29) is 12.4 Å². The Bertz CT molecular complexity index is 1150. The van der Waals surface area contributed by atoms with Gasteiger partial charge in [-0.15, -0.1) is 5.10 Å². The van der Waals surface area contributed by atoms with Crippen molar-refractivity contribution in [1.29, 1.82) is 0 Å². The van der Waals surface area contributed by atoms with Gasteiger partial charge in [0.15, 0.2) is 5.76 Å². The summed E-state index contributed by atoms with van der Waals surface area (Å²) in [5.41, 5.74) is 1.71. The van der Waals surface area contributed by atoms with E-state index in [1.165, 1.54) is 12.3 Å². The molecule has 3 aromatic heterocycles. The Morgan fingerprint density at radius 2 is 2.00 bits per heavy atom. The van der Waals surface area contributed by atoms with Gasteiger partial charge in [0.05, 0.1) is 12.8 Å². The van der Waals surface area contributed by atoms with Crippen molar-refractivity contribution in [2.24, 2.45) is 0 Å². The van der Waals surface area contributed by atoms with Crippen LogP contribution in [0.3, 0.4) is 0 Å². The fourth-order valence-corrected chi connectivity index (χ4v) is 2.69. The minimum atomic E-state index is -0.627. The van der Waals surface area contributed by atoms with Gasteiger partial charge in [0.2, 0.25) is 0 Å². The van der Waals surface area contributed by atoms with Crippen molar-refractivity contribution >= 4 is 11.0 Å². The Morgan fingerprint density at radius 3 is 2.76 bits per heavy atom. The van der Waals surface area contributed by atoms with Gasteiger partial charge >= 0.3 is 11.4 Å². The van der Waals surface area contributed by atoms with Crippen LogP contribution in [0.1, 0.15) is 18.1 Å². The molecule has 3 heterocycles. The maximum absolute atomic E-state index is 12.1. The molecule has 7 heteroatoms. The molecule has 0 unspecified atom stereocenters. The molecule has 0 saturated carbocycles. The van der Waals surface area contributed by atoms with Crippen LogP contribution in [0.15, 0.2) is 65.5 Å². The Hall–Kier alpha value is -3.35. The smallest absolute Gasteiger partial charge is 0.437 e. The highest BCUT2D eigenvalue weighted by molar-refractivity contribution is 5.80. The SMILES string of the molecule is CCc1ccc2c(Cn3nc(-c4ccco4)oc3=O)cc(=O)oc2c1. The second-order valence-electron chi connectivity index (χ2n) is 5.58. The lowest BCUT2D eigenvalue weighted by Crippen LogP contribution is -2.17. The molecule has 0 radical (unpaired) electrons. The fraction of sp³-hybridized carbons (Fsp3) is 0.167. The van der Waals surface area contributed by atoms with E-state index >= 15 is 0 Å². The zero-order valence-corrected chi connectivity index (χ0v) is 13.4. The lowest BCUT2D eigenvalue weighted by molar-refractivity contribution is 0.476.